The second-order valence-corrected chi connectivity index (χ2v) is 6.02. The second kappa shape index (κ2) is 7.21. The predicted molar refractivity (Wildman–Crippen MR) is 90.2 cm³/mol. The van der Waals surface area contributed by atoms with Crippen LogP contribution in [0.1, 0.15) is 23.3 Å². The van der Waals surface area contributed by atoms with E-state index in [1.54, 1.807) is 0 Å². The molecule has 144 valence electrons. The molecule has 1 aliphatic heterocycles. The van der Waals surface area contributed by atoms with Crippen molar-refractivity contribution in [3.05, 3.63) is 34.8 Å². The number of H-pyrrole nitrogens is 1. The van der Waals surface area contributed by atoms with E-state index in [1.807, 2.05) is 0 Å². The summed E-state index contributed by atoms with van der Waals surface area (Å²) in [6.07, 6.45) is -0.293. The summed E-state index contributed by atoms with van der Waals surface area (Å²) in [6.45, 7) is 0.0316. The molecular weight excluding hydrogens is 367 g/mol. The molecule has 3 heterocycles. The van der Waals surface area contributed by atoms with Crippen molar-refractivity contribution in [3.8, 4) is 0 Å². The molecule has 3 rings (SSSR count). The van der Waals surface area contributed by atoms with Gasteiger partial charge in [0.1, 0.15) is 5.82 Å². The predicted octanol–water partition coefficient (Wildman–Crippen LogP) is 1.17. The zero-order valence-corrected chi connectivity index (χ0v) is 14.0. The van der Waals surface area contributed by atoms with Gasteiger partial charge >= 0.3 is 11.9 Å². The molecule has 0 saturated carbocycles. The van der Waals surface area contributed by atoms with Crippen LogP contribution in [0.15, 0.2) is 23.4 Å². The lowest BCUT2D eigenvalue weighted by Gasteiger charge is -2.35. The topological polar surface area (TPSA) is 130 Å². The maximum Gasteiger partial charge on any atom is 0.393 e. The summed E-state index contributed by atoms with van der Waals surface area (Å²) in [5, 5.41) is 2.42. The number of halogens is 3. The highest BCUT2D eigenvalue weighted by Gasteiger charge is 2.42. The van der Waals surface area contributed by atoms with Crippen LogP contribution in [-0.2, 0) is 0 Å². The minimum Gasteiger partial charge on any atom is -0.382 e. The molecule has 0 radical (unpaired) electrons. The van der Waals surface area contributed by atoms with Crippen LogP contribution in [0.2, 0.25) is 0 Å². The number of hydrogen-bond acceptors (Lipinski definition) is 7. The van der Waals surface area contributed by atoms with E-state index >= 15 is 0 Å². The summed E-state index contributed by atoms with van der Waals surface area (Å²) in [5.41, 5.74) is 4.85. The number of anilines is 3. The molecule has 1 atom stereocenters. The first kappa shape index (κ1) is 18.6. The number of nitrogens with two attached hydrogens (primary N) is 1. The first-order valence-corrected chi connectivity index (χ1v) is 8.04. The van der Waals surface area contributed by atoms with Crippen LogP contribution in [0, 0.1) is 5.92 Å². The lowest BCUT2D eigenvalue weighted by molar-refractivity contribution is -0.175. The summed E-state index contributed by atoms with van der Waals surface area (Å²) in [6, 6.07) is 0. The fourth-order valence-electron chi connectivity index (χ4n) is 2.88. The standard InChI is InChI=1S/C15H16F3N7O2/c16-15(17,18)8-2-1-5-25(7-8)9-6-22-14(27)24-12(9)23-13(26)10-11(19)21-4-3-20-10/h3-4,6,8H,1-2,5,7H2,(H2,19,21)(H2,22,23,24,26,27). The molecule has 1 amide bonds. The number of carbonyl (C=O) groups excluding carboxylic acids is 1. The SMILES string of the molecule is Nc1nccnc1C(=O)Nc1[nH]c(=O)ncc1N1CCCC(C(F)(F)F)C1. The average Bonchev–Trinajstić information content (AvgIpc) is 2.61. The monoisotopic (exact) mass is 383 g/mol. The molecule has 0 aromatic carbocycles. The number of piperidine rings is 1. The van der Waals surface area contributed by atoms with Crippen LogP contribution in [0.5, 0.6) is 0 Å². The minimum absolute atomic E-state index is 0.0224. The molecule has 1 unspecified atom stereocenters. The minimum atomic E-state index is -4.33. The van der Waals surface area contributed by atoms with Gasteiger partial charge in [0, 0.05) is 25.5 Å². The van der Waals surface area contributed by atoms with E-state index in [9.17, 15) is 22.8 Å². The quantitative estimate of drug-likeness (QED) is 0.725. The Labute approximate surface area is 150 Å². The summed E-state index contributed by atoms with van der Waals surface area (Å²) < 4.78 is 39.2. The van der Waals surface area contributed by atoms with E-state index in [4.69, 9.17) is 5.73 Å². The van der Waals surface area contributed by atoms with E-state index < -0.39 is 23.7 Å². The van der Waals surface area contributed by atoms with Gasteiger partial charge in [-0.15, -0.1) is 0 Å². The number of nitrogens with zero attached hydrogens (tertiary/aromatic N) is 4. The maximum absolute atomic E-state index is 13.1. The maximum atomic E-state index is 13.1. The highest BCUT2D eigenvalue weighted by molar-refractivity contribution is 6.06. The lowest BCUT2D eigenvalue weighted by Crippen LogP contribution is -2.42. The Bertz CT molecular complexity index is 899. The molecule has 1 saturated heterocycles. The largest absolute Gasteiger partial charge is 0.393 e. The van der Waals surface area contributed by atoms with E-state index in [0.29, 0.717) is 13.0 Å². The molecule has 0 bridgehead atoms. The zero-order valence-electron chi connectivity index (χ0n) is 14.0. The molecular formula is C15H16F3N7O2. The van der Waals surface area contributed by atoms with Gasteiger partial charge < -0.3 is 16.0 Å². The third kappa shape index (κ3) is 4.15. The van der Waals surface area contributed by atoms with Gasteiger partial charge in [0.15, 0.2) is 11.5 Å². The van der Waals surface area contributed by atoms with Crippen LogP contribution < -0.4 is 21.6 Å². The molecule has 1 aliphatic rings. The fraction of sp³-hybridized carbons (Fsp3) is 0.400. The first-order valence-electron chi connectivity index (χ1n) is 8.04. The number of rotatable bonds is 3. The van der Waals surface area contributed by atoms with Gasteiger partial charge in [-0.2, -0.15) is 18.2 Å². The second-order valence-electron chi connectivity index (χ2n) is 6.02. The Morgan fingerprint density at radius 1 is 1.30 bits per heavy atom. The third-order valence-corrected chi connectivity index (χ3v) is 4.20. The van der Waals surface area contributed by atoms with Crippen LogP contribution in [0.3, 0.4) is 0 Å². The van der Waals surface area contributed by atoms with Crippen LogP contribution >= 0.6 is 0 Å². The lowest BCUT2D eigenvalue weighted by atomic mass is 9.97. The number of carbonyl (C=O) groups is 1. The smallest absolute Gasteiger partial charge is 0.382 e. The van der Waals surface area contributed by atoms with E-state index in [2.05, 4.69) is 25.3 Å². The highest BCUT2D eigenvalue weighted by atomic mass is 19.4. The van der Waals surface area contributed by atoms with Crippen molar-refractivity contribution in [2.24, 2.45) is 5.92 Å². The molecule has 0 aliphatic carbocycles. The van der Waals surface area contributed by atoms with Crippen molar-refractivity contribution in [2.45, 2.75) is 19.0 Å². The van der Waals surface area contributed by atoms with Gasteiger partial charge in [0.25, 0.3) is 5.91 Å². The Morgan fingerprint density at radius 3 is 2.74 bits per heavy atom. The highest BCUT2D eigenvalue weighted by Crippen LogP contribution is 2.36. The van der Waals surface area contributed by atoms with Crippen molar-refractivity contribution in [1.82, 2.24) is 19.9 Å². The van der Waals surface area contributed by atoms with Crippen molar-refractivity contribution < 1.29 is 18.0 Å². The molecule has 0 spiro atoms. The number of alkyl halides is 3. The first-order chi connectivity index (χ1) is 12.8. The van der Waals surface area contributed by atoms with Gasteiger partial charge in [-0.3, -0.25) is 9.78 Å². The number of aromatic amines is 1. The Balaban J connectivity index is 1.89. The normalized spacial score (nSPS) is 17.6. The number of nitrogen functional groups attached to an aromatic ring is 1. The van der Waals surface area contributed by atoms with Gasteiger partial charge in [0.05, 0.1) is 17.8 Å². The van der Waals surface area contributed by atoms with Gasteiger partial charge in [-0.25, -0.2) is 14.8 Å². The Kier molecular flexibility index (Phi) is 4.97. The third-order valence-electron chi connectivity index (χ3n) is 4.20. The van der Waals surface area contributed by atoms with Crippen molar-refractivity contribution in [2.75, 3.05) is 29.0 Å². The van der Waals surface area contributed by atoms with Crippen LogP contribution in [0.25, 0.3) is 0 Å². The van der Waals surface area contributed by atoms with E-state index in [0.717, 1.165) is 6.20 Å². The average molecular weight is 383 g/mol. The van der Waals surface area contributed by atoms with Crippen LogP contribution in [0.4, 0.5) is 30.5 Å². The fourth-order valence-corrected chi connectivity index (χ4v) is 2.88. The van der Waals surface area contributed by atoms with E-state index in [-0.39, 0.29) is 36.0 Å². The molecule has 2 aromatic rings. The molecule has 2 aromatic heterocycles. The van der Waals surface area contributed by atoms with Crippen molar-refractivity contribution >= 4 is 23.2 Å². The van der Waals surface area contributed by atoms with E-state index in [1.165, 1.54) is 17.3 Å². The zero-order chi connectivity index (χ0) is 19.6. The number of aromatic nitrogens is 4. The number of amides is 1. The Hall–Kier alpha value is -3.18. The summed E-state index contributed by atoms with van der Waals surface area (Å²) in [5.74, 6) is -2.46. The van der Waals surface area contributed by atoms with Gasteiger partial charge in [0.2, 0.25) is 0 Å². The Morgan fingerprint density at radius 2 is 2.04 bits per heavy atom. The number of nitrogens with one attached hydrogen (secondary N) is 2. The number of hydrogen-bond donors (Lipinski definition) is 3. The molecule has 27 heavy (non-hydrogen) atoms. The molecule has 12 heteroatoms. The summed E-state index contributed by atoms with van der Waals surface area (Å²) >= 11 is 0. The summed E-state index contributed by atoms with van der Waals surface area (Å²) in [7, 11) is 0. The van der Waals surface area contributed by atoms with Crippen molar-refractivity contribution in [1.29, 1.82) is 0 Å². The molecule has 4 N–H and O–H groups in total. The van der Waals surface area contributed by atoms with Gasteiger partial charge in [-0.1, -0.05) is 0 Å². The van der Waals surface area contributed by atoms with Crippen LogP contribution in [-0.4, -0.2) is 45.1 Å². The summed E-state index contributed by atoms with van der Waals surface area (Å²) in [4.78, 5) is 38.8. The van der Waals surface area contributed by atoms with Gasteiger partial charge in [-0.05, 0) is 12.8 Å². The molecule has 9 nitrogen and oxygen atoms in total. The molecule has 1 fully saturated rings. The van der Waals surface area contributed by atoms with Crippen molar-refractivity contribution in [3.63, 3.8) is 0 Å².